The van der Waals surface area contributed by atoms with Crippen LogP contribution in [0.1, 0.15) is 16.7 Å². The zero-order valence-electron chi connectivity index (χ0n) is 8.06. The third-order valence-electron chi connectivity index (χ3n) is 1.92. The standard InChI is InChI=1S/C10H13N2O/c1-6-4-7(2)9(8(3)5-6)12-10(11)13/h4-5,11H,1-3H3,(H,12,13). The number of carbonyl (C=O) groups is 1. The van der Waals surface area contributed by atoms with Crippen LogP contribution in [0.2, 0.25) is 0 Å². The molecule has 0 atom stereocenters. The summed E-state index contributed by atoms with van der Waals surface area (Å²) >= 11 is 0. The van der Waals surface area contributed by atoms with Crippen molar-refractivity contribution in [1.29, 1.82) is 0 Å². The normalized spacial score (nSPS) is 9.77. The van der Waals surface area contributed by atoms with E-state index in [9.17, 15) is 4.79 Å². The van der Waals surface area contributed by atoms with Crippen molar-refractivity contribution in [3.05, 3.63) is 28.8 Å². The molecule has 0 fully saturated rings. The number of anilines is 1. The summed E-state index contributed by atoms with van der Waals surface area (Å²) in [7, 11) is 0. The van der Waals surface area contributed by atoms with Gasteiger partial charge in [-0.25, -0.2) is 10.5 Å². The van der Waals surface area contributed by atoms with E-state index in [0.717, 1.165) is 22.4 Å². The molecule has 2 N–H and O–H groups in total. The van der Waals surface area contributed by atoms with Gasteiger partial charge in [0.2, 0.25) is 0 Å². The highest BCUT2D eigenvalue weighted by Gasteiger charge is 2.04. The maximum absolute atomic E-state index is 10.6. The Balaban J connectivity index is 3.13. The van der Waals surface area contributed by atoms with Crippen LogP contribution in [-0.2, 0) is 0 Å². The first-order valence-corrected chi connectivity index (χ1v) is 4.11. The van der Waals surface area contributed by atoms with Gasteiger partial charge in [-0.1, -0.05) is 17.7 Å². The highest BCUT2D eigenvalue weighted by atomic mass is 16.2. The van der Waals surface area contributed by atoms with Gasteiger partial charge in [-0.3, -0.25) is 0 Å². The molecule has 1 rings (SSSR count). The molecule has 3 heteroatoms. The number of rotatable bonds is 1. The topological polar surface area (TPSA) is 52.9 Å². The van der Waals surface area contributed by atoms with Gasteiger partial charge in [0.05, 0.1) is 0 Å². The number of nitrogens with one attached hydrogen (secondary N) is 2. The molecule has 69 valence electrons. The average molecular weight is 177 g/mol. The van der Waals surface area contributed by atoms with Gasteiger partial charge in [-0.05, 0) is 31.9 Å². The largest absolute Gasteiger partial charge is 0.337 e. The number of urea groups is 1. The molecule has 0 spiro atoms. The minimum atomic E-state index is -0.768. The summed E-state index contributed by atoms with van der Waals surface area (Å²) in [4.78, 5) is 10.6. The van der Waals surface area contributed by atoms with E-state index in [4.69, 9.17) is 5.73 Å². The van der Waals surface area contributed by atoms with Crippen LogP contribution < -0.4 is 11.1 Å². The van der Waals surface area contributed by atoms with Crippen LogP contribution in [0, 0.1) is 20.8 Å². The van der Waals surface area contributed by atoms with E-state index >= 15 is 0 Å². The van der Waals surface area contributed by atoms with Crippen LogP contribution in [0.5, 0.6) is 0 Å². The molecule has 1 aromatic rings. The van der Waals surface area contributed by atoms with Crippen molar-refractivity contribution < 1.29 is 4.79 Å². The highest BCUT2D eigenvalue weighted by molar-refractivity contribution is 5.89. The summed E-state index contributed by atoms with van der Waals surface area (Å²) in [6.45, 7) is 5.85. The van der Waals surface area contributed by atoms with Crippen LogP contribution in [0.25, 0.3) is 0 Å². The summed E-state index contributed by atoms with van der Waals surface area (Å²) in [6, 6.07) is 3.20. The molecular formula is C10H13N2O. The van der Waals surface area contributed by atoms with Crippen LogP contribution >= 0.6 is 0 Å². The van der Waals surface area contributed by atoms with Gasteiger partial charge in [-0.15, -0.1) is 0 Å². The van der Waals surface area contributed by atoms with Crippen molar-refractivity contribution in [3.63, 3.8) is 0 Å². The predicted molar refractivity (Wildman–Crippen MR) is 52.8 cm³/mol. The number of hydrogen-bond acceptors (Lipinski definition) is 1. The van der Waals surface area contributed by atoms with Crippen molar-refractivity contribution in [2.45, 2.75) is 20.8 Å². The molecule has 0 aliphatic rings. The SMILES string of the molecule is Cc1cc(C)c(NC([NH])=O)c(C)c1. The van der Waals surface area contributed by atoms with E-state index in [1.54, 1.807) is 0 Å². The van der Waals surface area contributed by atoms with Crippen molar-refractivity contribution in [2.75, 3.05) is 5.32 Å². The molecule has 0 aromatic heterocycles. The second-order valence-corrected chi connectivity index (χ2v) is 3.23. The Morgan fingerprint density at radius 3 is 2.08 bits per heavy atom. The molecule has 2 amide bonds. The molecule has 0 saturated heterocycles. The zero-order valence-corrected chi connectivity index (χ0v) is 8.06. The lowest BCUT2D eigenvalue weighted by Gasteiger charge is -2.10. The molecule has 1 radical (unpaired) electrons. The van der Waals surface area contributed by atoms with E-state index in [1.807, 2.05) is 32.9 Å². The highest BCUT2D eigenvalue weighted by Crippen LogP contribution is 2.21. The van der Waals surface area contributed by atoms with Gasteiger partial charge in [0.1, 0.15) is 0 Å². The van der Waals surface area contributed by atoms with Crippen LogP contribution in [0.15, 0.2) is 12.1 Å². The number of aryl methyl sites for hydroxylation is 3. The zero-order chi connectivity index (χ0) is 10.0. The Morgan fingerprint density at radius 2 is 1.69 bits per heavy atom. The van der Waals surface area contributed by atoms with E-state index in [-0.39, 0.29) is 0 Å². The second kappa shape index (κ2) is 3.47. The fourth-order valence-electron chi connectivity index (χ4n) is 1.49. The molecule has 13 heavy (non-hydrogen) atoms. The summed E-state index contributed by atoms with van der Waals surface area (Å²) in [5.74, 6) is 0. The molecule has 0 heterocycles. The van der Waals surface area contributed by atoms with Crippen molar-refractivity contribution >= 4 is 11.7 Å². The minimum Gasteiger partial charge on any atom is -0.306 e. The molecule has 1 aromatic carbocycles. The van der Waals surface area contributed by atoms with E-state index in [1.165, 1.54) is 0 Å². The quantitative estimate of drug-likeness (QED) is 0.703. The summed E-state index contributed by atoms with van der Waals surface area (Å²) in [5, 5.41) is 2.50. The van der Waals surface area contributed by atoms with E-state index in [2.05, 4.69) is 5.32 Å². The van der Waals surface area contributed by atoms with E-state index in [0.29, 0.717) is 0 Å². The maximum Gasteiger partial charge on any atom is 0.337 e. The Bertz CT molecular complexity index is 322. The number of carbonyl (C=O) groups excluding carboxylic acids is 1. The maximum atomic E-state index is 10.6. The fourth-order valence-corrected chi connectivity index (χ4v) is 1.49. The van der Waals surface area contributed by atoms with Gasteiger partial charge in [0, 0.05) is 5.69 Å². The first-order chi connectivity index (χ1) is 6.00. The van der Waals surface area contributed by atoms with Crippen molar-refractivity contribution in [2.24, 2.45) is 0 Å². The minimum absolute atomic E-state index is 0.755. The molecule has 3 nitrogen and oxygen atoms in total. The van der Waals surface area contributed by atoms with Crippen LogP contribution in [-0.4, -0.2) is 6.03 Å². The van der Waals surface area contributed by atoms with Gasteiger partial charge < -0.3 is 5.32 Å². The first kappa shape index (κ1) is 9.58. The average Bonchev–Trinajstić information content (AvgIpc) is 1.96. The molecule has 0 aliphatic carbocycles. The molecule has 0 aliphatic heterocycles. The van der Waals surface area contributed by atoms with Crippen molar-refractivity contribution in [3.8, 4) is 0 Å². The first-order valence-electron chi connectivity index (χ1n) is 4.11. The predicted octanol–water partition coefficient (Wildman–Crippen LogP) is 2.43. The summed E-state index contributed by atoms with van der Waals surface area (Å²) in [5.41, 5.74) is 10.7. The third-order valence-corrected chi connectivity index (χ3v) is 1.92. The number of amides is 2. The Hall–Kier alpha value is -1.51. The van der Waals surface area contributed by atoms with Crippen LogP contribution in [0.3, 0.4) is 0 Å². The Labute approximate surface area is 77.9 Å². The van der Waals surface area contributed by atoms with Gasteiger partial charge >= 0.3 is 6.03 Å². The smallest absolute Gasteiger partial charge is 0.306 e. The summed E-state index contributed by atoms with van der Waals surface area (Å²) < 4.78 is 0. The van der Waals surface area contributed by atoms with Gasteiger partial charge in [0.15, 0.2) is 0 Å². The van der Waals surface area contributed by atoms with Gasteiger partial charge in [0.25, 0.3) is 0 Å². The van der Waals surface area contributed by atoms with Crippen molar-refractivity contribution in [1.82, 2.24) is 5.73 Å². The third kappa shape index (κ3) is 2.21. The lowest BCUT2D eigenvalue weighted by Crippen LogP contribution is -2.11. The molecular weight excluding hydrogens is 164 g/mol. The van der Waals surface area contributed by atoms with E-state index < -0.39 is 6.03 Å². The Kier molecular flexibility index (Phi) is 2.56. The lowest BCUT2D eigenvalue weighted by atomic mass is 10.1. The molecule has 0 saturated carbocycles. The molecule has 0 unspecified atom stereocenters. The van der Waals surface area contributed by atoms with Crippen LogP contribution in [0.4, 0.5) is 10.5 Å². The fraction of sp³-hybridized carbons (Fsp3) is 0.300. The lowest BCUT2D eigenvalue weighted by molar-refractivity contribution is 0.258. The Morgan fingerprint density at radius 1 is 1.23 bits per heavy atom. The van der Waals surface area contributed by atoms with Gasteiger partial charge in [-0.2, -0.15) is 0 Å². The monoisotopic (exact) mass is 177 g/mol. The second-order valence-electron chi connectivity index (χ2n) is 3.23. The number of hydrogen-bond donors (Lipinski definition) is 1. The molecule has 0 bridgehead atoms. The number of benzene rings is 1. The summed E-state index contributed by atoms with van der Waals surface area (Å²) in [6.07, 6.45) is 0.